The van der Waals surface area contributed by atoms with Gasteiger partial charge in [-0.05, 0) is 17.7 Å². The summed E-state index contributed by atoms with van der Waals surface area (Å²) in [6.45, 7) is 0.518. The molecule has 0 saturated heterocycles. The van der Waals surface area contributed by atoms with Crippen LogP contribution < -0.4 is 5.73 Å². The molecule has 0 unspecified atom stereocenters. The van der Waals surface area contributed by atoms with Crippen LogP contribution in [0.4, 0.5) is 5.69 Å². The third-order valence-electron chi connectivity index (χ3n) is 2.87. The Morgan fingerprint density at radius 3 is 2.47 bits per heavy atom. The maximum Gasteiger partial charge on any atom is 0.257 e. The molecule has 19 heavy (non-hydrogen) atoms. The van der Waals surface area contributed by atoms with Crippen molar-refractivity contribution in [2.75, 3.05) is 12.8 Å². The molecule has 0 aliphatic rings. The fourth-order valence-electron chi connectivity index (χ4n) is 1.89. The lowest BCUT2D eigenvalue weighted by molar-refractivity contribution is 0.0786. The zero-order chi connectivity index (χ0) is 13.8. The minimum Gasteiger partial charge on any atom is -0.398 e. The highest BCUT2D eigenvalue weighted by atomic mass is 35.5. The van der Waals surface area contributed by atoms with Crippen molar-refractivity contribution in [3.05, 3.63) is 64.7 Å². The van der Waals surface area contributed by atoms with E-state index < -0.39 is 0 Å². The van der Waals surface area contributed by atoms with Gasteiger partial charge in [-0.1, -0.05) is 48.0 Å². The molecule has 0 bridgehead atoms. The largest absolute Gasteiger partial charge is 0.398 e. The molecule has 4 heteroatoms. The third-order valence-corrected chi connectivity index (χ3v) is 3.18. The van der Waals surface area contributed by atoms with Crippen LogP contribution in [0.1, 0.15) is 15.9 Å². The maximum absolute atomic E-state index is 12.4. The Kier molecular flexibility index (Phi) is 4.07. The molecule has 0 aliphatic heterocycles. The van der Waals surface area contributed by atoms with Crippen LogP contribution in [0.5, 0.6) is 0 Å². The minimum atomic E-state index is -0.174. The average molecular weight is 275 g/mol. The first kappa shape index (κ1) is 13.4. The summed E-state index contributed by atoms with van der Waals surface area (Å²) >= 11 is 6.04. The summed E-state index contributed by atoms with van der Waals surface area (Å²) in [6, 6.07) is 14.8. The van der Waals surface area contributed by atoms with Crippen LogP contribution in [0.15, 0.2) is 48.5 Å². The number of nitrogen functional groups attached to an aromatic ring is 1. The van der Waals surface area contributed by atoms with Crippen LogP contribution in [0.25, 0.3) is 0 Å². The van der Waals surface area contributed by atoms with Crippen LogP contribution in [-0.4, -0.2) is 17.9 Å². The van der Waals surface area contributed by atoms with Crippen molar-refractivity contribution in [2.45, 2.75) is 6.54 Å². The molecule has 0 saturated carbocycles. The fraction of sp³-hybridized carbons (Fsp3) is 0.133. The van der Waals surface area contributed by atoms with E-state index in [0.717, 1.165) is 5.56 Å². The molecule has 0 aromatic heterocycles. The number of rotatable bonds is 3. The van der Waals surface area contributed by atoms with Crippen LogP contribution in [-0.2, 0) is 6.54 Å². The zero-order valence-electron chi connectivity index (χ0n) is 10.6. The molecule has 0 fully saturated rings. The summed E-state index contributed by atoms with van der Waals surface area (Å²) in [5.41, 5.74) is 7.64. The molecule has 2 N–H and O–H groups in total. The highest BCUT2D eigenvalue weighted by molar-refractivity contribution is 6.34. The van der Waals surface area contributed by atoms with E-state index in [4.69, 9.17) is 17.3 Å². The topological polar surface area (TPSA) is 46.3 Å². The average Bonchev–Trinajstić information content (AvgIpc) is 2.39. The molecule has 0 spiro atoms. The van der Waals surface area contributed by atoms with Gasteiger partial charge < -0.3 is 10.6 Å². The quantitative estimate of drug-likeness (QED) is 0.874. The first-order chi connectivity index (χ1) is 9.09. The molecule has 0 aliphatic carbocycles. The van der Waals surface area contributed by atoms with Gasteiger partial charge in [0.1, 0.15) is 0 Å². The second-order valence-electron chi connectivity index (χ2n) is 4.35. The summed E-state index contributed by atoms with van der Waals surface area (Å²) in [5, 5.41) is 0.380. The standard InChI is InChI=1S/C15H15ClN2O/c1-18(10-11-6-3-2-4-7-11)15(19)14-12(16)8-5-9-13(14)17/h2-9H,10,17H2,1H3. The van der Waals surface area contributed by atoms with Crippen LogP contribution in [0, 0.1) is 0 Å². The summed E-state index contributed by atoms with van der Waals surface area (Å²) in [4.78, 5) is 14.0. The number of halogens is 1. The van der Waals surface area contributed by atoms with Crippen LogP contribution in [0.3, 0.4) is 0 Å². The van der Waals surface area contributed by atoms with Crippen molar-refractivity contribution in [1.82, 2.24) is 4.90 Å². The molecule has 2 rings (SSSR count). The van der Waals surface area contributed by atoms with Gasteiger partial charge in [0.05, 0.1) is 10.6 Å². The number of hydrogen-bond donors (Lipinski definition) is 1. The molecule has 2 aromatic carbocycles. The number of hydrogen-bond acceptors (Lipinski definition) is 2. The zero-order valence-corrected chi connectivity index (χ0v) is 11.4. The predicted octanol–water partition coefficient (Wildman–Crippen LogP) is 3.19. The summed E-state index contributed by atoms with van der Waals surface area (Å²) in [5.74, 6) is -0.174. The van der Waals surface area contributed by atoms with Crippen LogP contribution >= 0.6 is 11.6 Å². The van der Waals surface area contributed by atoms with E-state index in [2.05, 4.69) is 0 Å². The van der Waals surface area contributed by atoms with Gasteiger partial charge in [-0.25, -0.2) is 0 Å². The van der Waals surface area contributed by atoms with Crippen molar-refractivity contribution >= 4 is 23.2 Å². The number of carbonyl (C=O) groups is 1. The van der Waals surface area contributed by atoms with E-state index in [1.807, 2.05) is 30.3 Å². The predicted molar refractivity (Wildman–Crippen MR) is 78.1 cm³/mol. The Bertz CT molecular complexity index is 564. The monoisotopic (exact) mass is 274 g/mol. The fourth-order valence-corrected chi connectivity index (χ4v) is 2.15. The van der Waals surface area contributed by atoms with Crippen LogP contribution in [0.2, 0.25) is 5.02 Å². The van der Waals surface area contributed by atoms with Crippen molar-refractivity contribution in [3.63, 3.8) is 0 Å². The van der Waals surface area contributed by atoms with E-state index in [0.29, 0.717) is 22.8 Å². The molecule has 98 valence electrons. The lowest BCUT2D eigenvalue weighted by atomic mass is 10.1. The molecule has 0 atom stereocenters. The number of anilines is 1. The number of nitrogens with zero attached hydrogens (tertiary/aromatic N) is 1. The molecular weight excluding hydrogens is 260 g/mol. The molecule has 2 aromatic rings. The van der Waals surface area contributed by atoms with Gasteiger partial charge in [0.15, 0.2) is 0 Å². The Morgan fingerprint density at radius 1 is 1.16 bits per heavy atom. The third kappa shape index (κ3) is 3.06. The van der Waals surface area contributed by atoms with E-state index >= 15 is 0 Å². The summed E-state index contributed by atoms with van der Waals surface area (Å²) in [6.07, 6.45) is 0. The van der Waals surface area contributed by atoms with E-state index in [-0.39, 0.29) is 5.91 Å². The number of nitrogens with two attached hydrogens (primary N) is 1. The molecule has 1 amide bonds. The minimum absolute atomic E-state index is 0.174. The maximum atomic E-state index is 12.4. The van der Waals surface area contributed by atoms with Gasteiger partial charge in [-0.3, -0.25) is 4.79 Å². The smallest absolute Gasteiger partial charge is 0.257 e. The highest BCUT2D eigenvalue weighted by Crippen LogP contribution is 2.23. The first-order valence-electron chi connectivity index (χ1n) is 5.93. The number of carbonyl (C=O) groups excluding carboxylic acids is 1. The number of benzene rings is 2. The van der Waals surface area contributed by atoms with E-state index in [1.54, 1.807) is 30.1 Å². The Balaban J connectivity index is 2.20. The van der Waals surface area contributed by atoms with E-state index in [9.17, 15) is 4.79 Å². The normalized spacial score (nSPS) is 10.2. The summed E-state index contributed by atoms with van der Waals surface area (Å²) < 4.78 is 0. The van der Waals surface area contributed by atoms with Gasteiger partial charge >= 0.3 is 0 Å². The molecule has 0 radical (unpaired) electrons. The van der Waals surface area contributed by atoms with Crippen molar-refractivity contribution in [2.24, 2.45) is 0 Å². The Morgan fingerprint density at radius 2 is 1.84 bits per heavy atom. The summed E-state index contributed by atoms with van der Waals surface area (Å²) in [7, 11) is 1.73. The highest BCUT2D eigenvalue weighted by Gasteiger charge is 2.17. The first-order valence-corrected chi connectivity index (χ1v) is 6.31. The van der Waals surface area contributed by atoms with Gasteiger partial charge in [0.2, 0.25) is 0 Å². The molecule has 0 heterocycles. The lowest BCUT2D eigenvalue weighted by Gasteiger charge is -2.19. The number of amides is 1. The Hall–Kier alpha value is -2.00. The van der Waals surface area contributed by atoms with Gasteiger partial charge in [0.25, 0.3) is 5.91 Å². The van der Waals surface area contributed by atoms with E-state index in [1.165, 1.54) is 0 Å². The van der Waals surface area contributed by atoms with Gasteiger partial charge in [-0.2, -0.15) is 0 Å². The lowest BCUT2D eigenvalue weighted by Crippen LogP contribution is -2.27. The second-order valence-corrected chi connectivity index (χ2v) is 4.76. The van der Waals surface area contributed by atoms with Crippen molar-refractivity contribution in [1.29, 1.82) is 0 Å². The van der Waals surface area contributed by atoms with Gasteiger partial charge in [0, 0.05) is 19.3 Å². The van der Waals surface area contributed by atoms with Crippen molar-refractivity contribution < 1.29 is 4.79 Å². The van der Waals surface area contributed by atoms with Crippen molar-refractivity contribution in [3.8, 4) is 0 Å². The SMILES string of the molecule is CN(Cc1ccccc1)C(=O)c1c(N)cccc1Cl. The molecule has 3 nitrogen and oxygen atoms in total. The van der Waals surface area contributed by atoms with Gasteiger partial charge in [-0.15, -0.1) is 0 Å². The molecular formula is C15H15ClN2O. The Labute approximate surface area is 117 Å². The second kappa shape index (κ2) is 5.76.